The number of rotatable bonds is 12. The minimum atomic E-state index is -5.14. The molecule has 0 bridgehead atoms. The number of nitrogen functional groups attached to an aromatic ring is 2. The maximum atomic E-state index is 11.8. The van der Waals surface area contributed by atoms with Crippen LogP contribution >= 0.6 is 32.6 Å². The summed E-state index contributed by atoms with van der Waals surface area (Å²) >= 11 is 0. The summed E-state index contributed by atoms with van der Waals surface area (Å²) in [6, 6.07) is 1.33. The zero-order chi connectivity index (χ0) is 37.1. The van der Waals surface area contributed by atoms with Crippen LogP contribution in [-0.2, 0) is 45.4 Å². The van der Waals surface area contributed by atoms with Crippen molar-refractivity contribution in [1.29, 1.82) is 0 Å². The van der Waals surface area contributed by atoms with Crippen molar-refractivity contribution in [3.8, 4) is 0 Å². The molecule has 0 aromatic carbocycles. The normalized spacial score (nSPS) is 28.5. The summed E-state index contributed by atoms with van der Waals surface area (Å²) in [5.41, 5.74) is 9.29. The lowest BCUT2D eigenvalue weighted by Crippen LogP contribution is -2.36. The molecule has 5 heterocycles. The molecule has 0 saturated carbocycles. The number of phosphoric acid groups is 1. The molecule has 12 N–H and O–H groups in total. The molecule has 2 saturated heterocycles. The van der Waals surface area contributed by atoms with Gasteiger partial charge in [-0.2, -0.15) is 9.97 Å². The molecule has 0 radical (unpaired) electrons. The molecular weight excluding hydrogens is 768 g/mol. The van der Waals surface area contributed by atoms with Gasteiger partial charge in [-0.05, 0) is 6.07 Å². The van der Waals surface area contributed by atoms with E-state index in [1.807, 2.05) is 0 Å². The van der Waals surface area contributed by atoms with Crippen LogP contribution in [0.25, 0.3) is 11.2 Å². The monoisotopic (exact) mass is 795 g/mol. The van der Waals surface area contributed by atoms with Crippen LogP contribution in [0.2, 0.25) is 0 Å². The predicted molar refractivity (Wildman–Crippen MR) is 158 cm³/mol. The average molecular weight is 795 g/mol. The summed E-state index contributed by atoms with van der Waals surface area (Å²) in [6.07, 6.45) is -8.39. The number of imidazole rings is 1. The number of nitrogens with one attached hydrogen (secondary N) is 1. The van der Waals surface area contributed by atoms with E-state index in [9.17, 15) is 48.3 Å². The summed E-state index contributed by atoms with van der Waals surface area (Å²) in [5, 5.41) is 40.0. The quantitative estimate of drug-likeness (QED) is 0.0811. The first-order valence-electron chi connectivity index (χ1n) is 13.3. The Kier molecular flexibility index (Phi) is 13.0. The van der Waals surface area contributed by atoms with Crippen LogP contribution in [0.1, 0.15) is 12.5 Å². The SMILES string of the molecule is Nc1ccn(C2OC(CO[P+](=O)O)C(O)C2O)c(=O)n1.Nc1nc2c(ncn2C2OC(CO[P+](=O)OP(=O)(O)O[P+](=O)O)C(O)C2O)c(=O)[nH]1. The lowest BCUT2D eigenvalue weighted by Gasteiger charge is -2.16. The highest BCUT2D eigenvalue weighted by atomic mass is 31.3. The molecule has 2 aliphatic rings. The number of aromatic nitrogens is 6. The van der Waals surface area contributed by atoms with Crippen LogP contribution < -0.4 is 22.7 Å². The third-order valence-electron chi connectivity index (χ3n) is 6.56. The number of nitrogens with zero attached hydrogens (tertiary/aromatic N) is 5. The van der Waals surface area contributed by atoms with Crippen molar-refractivity contribution in [2.45, 2.75) is 49.1 Å². The number of fused-ring (bicyclic) bond motifs is 1. The molecule has 50 heavy (non-hydrogen) atoms. The Morgan fingerprint density at radius 2 is 1.46 bits per heavy atom. The van der Waals surface area contributed by atoms with E-state index in [2.05, 4.69) is 37.6 Å². The molecule has 12 unspecified atom stereocenters. The first-order valence-corrected chi connectivity index (χ1v) is 18.1. The number of hydrogen-bond acceptors (Lipinski definition) is 21. The van der Waals surface area contributed by atoms with Crippen LogP contribution in [0, 0.1) is 0 Å². The van der Waals surface area contributed by atoms with Crippen molar-refractivity contribution < 1.29 is 80.5 Å². The summed E-state index contributed by atoms with van der Waals surface area (Å²) in [5.74, 6) is -0.215. The number of hydrogen-bond donors (Lipinski definition) is 10. The van der Waals surface area contributed by atoms with Gasteiger partial charge in [-0.15, -0.1) is 18.8 Å². The van der Waals surface area contributed by atoms with E-state index in [4.69, 9.17) is 35.6 Å². The Bertz CT molecular complexity index is 1910. The van der Waals surface area contributed by atoms with Crippen LogP contribution in [0.3, 0.4) is 0 Å². The van der Waals surface area contributed by atoms with Crippen molar-refractivity contribution in [2.24, 2.45) is 0 Å². The topological polar surface area (TPSA) is 416 Å². The zero-order valence-electron chi connectivity index (χ0n) is 24.5. The highest BCUT2D eigenvalue weighted by Gasteiger charge is 2.49. The third kappa shape index (κ3) is 9.58. The van der Waals surface area contributed by atoms with Crippen molar-refractivity contribution in [1.82, 2.24) is 29.1 Å². The van der Waals surface area contributed by atoms with Crippen molar-refractivity contribution >= 4 is 55.5 Å². The zero-order valence-corrected chi connectivity index (χ0v) is 28.1. The second-order valence-electron chi connectivity index (χ2n) is 9.83. The second kappa shape index (κ2) is 16.5. The van der Waals surface area contributed by atoms with Gasteiger partial charge in [-0.25, -0.2) is 14.3 Å². The number of aromatic amines is 1. The molecule has 0 spiro atoms. The van der Waals surface area contributed by atoms with Crippen molar-refractivity contribution in [3.05, 3.63) is 39.4 Å². The number of H-pyrrole nitrogens is 1. The predicted octanol–water partition coefficient (Wildman–Crippen LogP) is -3.11. The van der Waals surface area contributed by atoms with Gasteiger partial charge in [0.25, 0.3) is 5.56 Å². The molecule has 0 aliphatic carbocycles. The van der Waals surface area contributed by atoms with Gasteiger partial charge in [0, 0.05) is 28.5 Å². The maximum Gasteiger partial charge on any atom is 0.708 e. The third-order valence-corrected chi connectivity index (χ3v) is 10.0. The van der Waals surface area contributed by atoms with E-state index in [1.54, 1.807) is 0 Å². The molecule has 5 rings (SSSR count). The number of aliphatic hydroxyl groups excluding tert-OH is 4. The lowest BCUT2D eigenvalue weighted by molar-refractivity contribution is -0.0516. The first-order chi connectivity index (χ1) is 23.4. The summed E-state index contributed by atoms with van der Waals surface area (Å²) < 4.78 is 73.2. The van der Waals surface area contributed by atoms with E-state index in [0.717, 1.165) is 15.5 Å². The summed E-state index contributed by atoms with van der Waals surface area (Å²) in [6.45, 7) is -1.10. The van der Waals surface area contributed by atoms with Gasteiger partial charge in [-0.3, -0.25) is 23.8 Å². The van der Waals surface area contributed by atoms with Gasteiger partial charge < -0.3 is 41.4 Å². The van der Waals surface area contributed by atoms with E-state index in [1.165, 1.54) is 12.3 Å². The molecule has 27 nitrogen and oxygen atoms in total. The van der Waals surface area contributed by atoms with Crippen molar-refractivity contribution in [2.75, 3.05) is 24.7 Å². The molecule has 2 aliphatic heterocycles. The van der Waals surface area contributed by atoms with Crippen LogP contribution in [-0.4, -0.2) is 114 Å². The Hall–Kier alpha value is -3.16. The standard InChI is InChI=1S/C10H12N5O12P3.C9H12N3O7P/c11-10-13-7-4(8(18)14-10)12-2-15(7)9-6(17)5(16)3(25-9)1-24-29(21)27-30(22,23)26-28(19)20;10-5-1-2-12(9(15)11-5)8-7(14)6(13)4(19-8)3-18-20(16)17/h2-3,5-6,9,16-17H,1H2,(H3-2,11,13,14,18,19,20,22,23);1-2,4,6-8,13-14H,3H2,(H2-,10,11,15,16,17)/p+3. The van der Waals surface area contributed by atoms with Gasteiger partial charge in [0.1, 0.15) is 55.7 Å². The molecular formula is C19H27N8O19P4+3. The van der Waals surface area contributed by atoms with Gasteiger partial charge >= 0.3 is 38.3 Å². The van der Waals surface area contributed by atoms with E-state index in [0.29, 0.717) is 0 Å². The molecule has 12 atom stereocenters. The molecule has 3 aromatic rings. The van der Waals surface area contributed by atoms with Gasteiger partial charge in [0.05, 0.1) is 6.33 Å². The Labute approximate surface area is 278 Å². The van der Waals surface area contributed by atoms with Crippen LogP contribution in [0.5, 0.6) is 0 Å². The number of anilines is 2. The Balaban J connectivity index is 0.000000244. The minimum Gasteiger partial charge on any atom is -0.387 e. The molecule has 2 fully saturated rings. The Morgan fingerprint density at radius 1 is 0.880 bits per heavy atom. The fourth-order valence-corrected chi connectivity index (χ4v) is 6.92. The number of ether oxygens (including phenoxy) is 2. The van der Waals surface area contributed by atoms with Gasteiger partial charge in [0.2, 0.25) is 5.95 Å². The van der Waals surface area contributed by atoms with Crippen LogP contribution in [0.15, 0.2) is 28.2 Å². The number of nitrogens with two attached hydrogens (primary N) is 2. The van der Waals surface area contributed by atoms with E-state index < -0.39 is 106 Å². The second-order valence-corrected chi connectivity index (χ2v) is 14.0. The molecule has 3 aromatic heterocycles. The number of aliphatic hydroxyl groups is 4. The lowest BCUT2D eigenvalue weighted by atomic mass is 10.1. The molecule has 31 heteroatoms. The first kappa shape index (κ1) is 39.6. The van der Waals surface area contributed by atoms with Gasteiger partial charge in [-0.1, -0.05) is 0 Å². The van der Waals surface area contributed by atoms with Gasteiger partial charge in [0.15, 0.2) is 23.6 Å². The highest BCUT2D eigenvalue weighted by Crippen LogP contribution is 2.57. The Morgan fingerprint density at radius 3 is 2.02 bits per heavy atom. The molecule has 274 valence electrons. The minimum absolute atomic E-state index is 0.0106. The summed E-state index contributed by atoms with van der Waals surface area (Å²) in [4.78, 5) is 62.9. The highest BCUT2D eigenvalue weighted by molar-refractivity contribution is 7.61. The average Bonchev–Trinajstić information content (AvgIpc) is 3.64. The fourth-order valence-electron chi connectivity index (χ4n) is 4.42. The summed E-state index contributed by atoms with van der Waals surface area (Å²) in [7, 11) is -14.8. The van der Waals surface area contributed by atoms with Crippen LogP contribution in [0.4, 0.5) is 11.8 Å². The van der Waals surface area contributed by atoms with E-state index >= 15 is 0 Å². The largest absolute Gasteiger partial charge is 0.708 e. The van der Waals surface area contributed by atoms with E-state index in [-0.39, 0.29) is 22.9 Å². The smallest absolute Gasteiger partial charge is 0.387 e. The molecule has 0 amide bonds. The van der Waals surface area contributed by atoms with Crippen molar-refractivity contribution in [3.63, 3.8) is 0 Å². The fraction of sp³-hybridized carbons (Fsp3) is 0.526. The maximum absolute atomic E-state index is 11.8.